The molecule has 106 valence electrons. The van der Waals surface area contributed by atoms with Crippen LogP contribution in [0.25, 0.3) is 11.0 Å². The number of anilines is 1. The SMILES string of the molecule is Fc1ccc(CNNc2nc3ccccc3nc2Cl)cc1. The zero-order valence-electron chi connectivity index (χ0n) is 11.0. The molecule has 3 rings (SSSR count). The maximum Gasteiger partial charge on any atom is 0.178 e. The Labute approximate surface area is 126 Å². The molecule has 2 N–H and O–H groups in total. The zero-order chi connectivity index (χ0) is 14.7. The van der Waals surface area contributed by atoms with Crippen molar-refractivity contribution in [2.75, 3.05) is 5.43 Å². The molecule has 0 bridgehead atoms. The molecule has 0 saturated carbocycles. The molecule has 1 heterocycles. The van der Waals surface area contributed by atoms with Crippen LogP contribution >= 0.6 is 11.6 Å². The van der Waals surface area contributed by atoms with Crippen LogP contribution < -0.4 is 10.9 Å². The molecule has 0 unspecified atom stereocenters. The number of nitrogens with one attached hydrogen (secondary N) is 2. The van der Waals surface area contributed by atoms with Crippen molar-refractivity contribution in [1.29, 1.82) is 0 Å². The third kappa shape index (κ3) is 3.26. The average Bonchev–Trinajstić information content (AvgIpc) is 2.50. The van der Waals surface area contributed by atoms with Crippen LogP contribution in [0, 0.1) is 5.82 Å². The molecular formula is C15H12ClFN4. The fraction of sp³-hybridized carbons (Fsp3) is 0.0667. The molecule has 0 aliphatic rings. The lowest BCUT2D eigenvalue weighted by molar-refractivity contribution is 0.626. The predicted octanol–water partition coefficient (Wildman–Crippen LogP) is 3.54. The van der Waals surface area contributed by atoms with Gasteiger partial charge < -0.3 is 5.43 Å². The minimum absolute atomic E-state index is 0.254. The molecular weight excluding hydrogens is 291 g/mol. The molecule has 0 fully saturated rings. The van der Waals surface area contributed by atoms with Crippen molar-refractivity contribution in [2.45, 2.75) is 6.54 Å². The van der Waals surface area contributed by atoms with Gasteiger partial charge in [-0.25, -0.2) is 19.8 Å². The summed E-state index contributed by atoms with van der Waals surface area (Å²) >= 11 is 6.08. The highest BCUT2D eigenvalue weighted by molar-refractivity contribution is 6.32. The maximum absolute atomic E-state index is 12.8. The Hall–Kier alpha value is -2.24. The first-order valence-corrected chi connectivity index (χ1v) is 6.76. The van der Waals surface area contributed by atoms with E-state index in [1.165, 1.54) is 12.1 Å². The molecule has 0 radical (unpaired) electrons. The van der Waals surface area contributed by atoms with Gasteiger partial charge in [-0.2, -0.15) is 0 Å². The summed E-state index contributed by atoms with van der Waals surface area (Å²) in [4.78, 5) is 8.66. The molecule has 3 aromatic rings. The van der Waals surface area contributed by atoms with E-state index < -0.39 is 0 Å². The summed E-state index contributed by atoms with van der Waals surface area (Å²) in [6.45, 7) is 0.505. The van der Waals surface area contributed by atoms with Gasteiger partial charge in [0.2, 0.25) is 0 Å². The fourth-order valence-electron chi connectivity index (χ4n) is 1.89. The van der Waals surface area contributed by atoms with Crippen LogP contribution in [0.3, 0.4) is 0 Å². The van der Waals surface area contributed by atoms with E-state index in [1.54, 1.807) is 12.1 Å². The lowest BCUT2D eigenvalue weighted by atomic mass is 10.2. The Morgan fingerprint density at radius 2 is 1.62 bits per heavy atom. The predicted molar refractivity (Wildman–Crippen MR) is 81.4 cm³/mol. The van der Waals surface area contributed by atoms with Crippen molar-refractivity contribution >= 4 is 28.5 Å². The van der Waals surface area contributed by atoms with Crippen molar-refractivity contribution in [2.24, 2.45) is 0 Å². The zero-order valence-corrected chi connectivity index (χ0v) is 11.7. The van der Waals surface area contributed by atoms with Gasteiger partial charge in [0, 0.05) is 6.54 Å². The first-order chi connectivity index (χ1) is 10.2. The molecule has 0 aliphatic heterocycles. The van der Waals surface area contributed by atoms with Crippen molar-refractivity contribution in [3.05, 3.63) is 65.1 Å². The van der Waals surface area contributed by atoms with E-state index in [2.05, 4.69) is 20.8 Å². The second-order valence-corrected chi connectivity index (χ2v) is 4.81. The quantitative estimate of drug-likeness (QED) is 0.724. The largest absolute Gasteiger partial charge is 0.303 e. The van der Waals surface area contributed by atoms with E-state index in [9.17, 15) is 4.39 Å². The minimum atomic E-state index is -0.254. The Kier molecular flexibility index (Phi) is 3.94. The summed E-state index contributed by atoms with van der Waals surface area (Å²) in [5.74, 6) is 0.202. The molecule has 21 heavy (non-hydrogen) atoms. The Morgan fingerprint density at radius 1 is 0.952 bits per heavy atom. The van der Waals surface area contributed by atoms with E-state index >= 15 is 0 Å². The van der Waals surface area contributed by atoms with Crippen LogP contribution in [-0.4, -0.2) is 9.97 Å². The van der Waals surface area contributed by atoms with E-state index in [0.717, 1.165) is 16.6 Å². The maximum atomic E-state index is 12.8. The van der Waals surface area contributed by atoms with Gasteiger partial charge in [-0.05, 0) is 29.8 Å². The first kappa shape index (κ1) is 13.7. The van der Waals surface area contributed by atoms with Crippen LogP contribution in [0.15, 0.2) is 48.5 Å². The van der Waals surface area contributed by atoms with Gasteiger partial charge in [0.15, 0.2) is 11.0 Å². The Bertz CT molecular complexity index is 761. The van der Waals surface area contributed by atoms with Crippen LogP contribution in [0.5, 0.6) is 0 Å². The number of fused-ring (bicyclic) bond motifs is 1. The molecule has 0 atom stereocenters. The number of rotatable bonds is 4. The number of halogens is 2. The molecule has 0 spiro atoms. The molecule has 0 saturated heterocycles. The Morgan fingerprint density at radius 3 is 2.33 bits per heavy atom. The van der Waals surface area contributed by atoms with Crippen molar-refractivity contribution in [3.63, 3.8) is 0 Å². The van der Waals surface area contributed by atoms with Gasteiger partial charge in [-0.1, -0.05) is 35.9 Å². The molecule has 1 aromatic heterocycles. The molecule has 0 amide bonds. The van der Waals surface area contributed by atoms with E-state index in [1.807, 2.05) is 24.3 Å². The summed E-state index contributed by atoms with van der Waals surface area (Å²) in [7, 11) is 0. The van der Waals surface area contributed by atoms with Crippen molar-refractivity contribution in [1.82, 2.24) is 15.4 Å². The lowest BCUT2D eigenvalue weighted by Gasteiger charge is -2.09. The normalized spacial score (nSPS) is 10.8. The van der Waals surface area contributed by atoms with Crippen LogP contribution in [0.1, 0.15) is 5.56 Å². The topological polar surface area (TPSA) is 49.8 Å². The number of nitrogens with zero attached hydrogens (tertiary/aromatic N) is 2. The highest BCUT2D eigenvalue weighted by Crippen LogP contribution is 2.20. The smallest absolute Gasteiger partial charge is 0.178 e. The summed E-state index contributed by atoms with van der Waals surface area (Å²) in [6.07, 6.45) is 0. The van der Waals surface area contributed by atoms with Gasteiger partial charge >= 0.3 is 0 Å². The van der Waals surface area contributed by atoms with Gasteiger partial charge in [0.1, 0.15) is 5.82 Å². The number of hydrogen-bond acceptors (Lipinski definition) is 4. The second-order valence-electron chi connectivity index (χ2n) is 4.46. The molecule has 4 nitrogen and oxygen atoms in total. The summed E-state index contributed by atoms with van der Waals surface area (Å²) in [5, 5.41) is 0.292. The number of hydrazine groups is 1. The molecule has 2 aromatic carbocycles. The van der Waals surface area contributed by atoms with Crippen LogP contribution in [0.4, 0.5) is 10.2 Å². The monoisotopic (exact) mass is 302 g/mol. The third-order valence-electron chi connectivity index (χ3n) is 2.94. The van der Waals surface area contributed by atoms with Gasteiger partial charge in [-0.3, -0.25) is 0 Å². The summed E-state index contributed by atoms with van der Waals surface area (Å²) in [6, 6.07) is 13.7. The highest BCUT2D eigenvalue weighted by Gasteiger charge is 2.05. The number of benzene rings is 2. The van der Waals surface area contributed by atoms with Gasteiger partial charge in [0.05, 0.1) is 11.0 Å². The van der Waals surface area contributed by atoms with Gasteiger partial charge in [-0.15, -0.1) is 0 Å². The van der Waals surface area contributed by atoms with E-state index in [-0.39, 0.29) is 5.82 Å². The second kappa shape index (κ2) is 6.03. The summed E-state index contributed by atoms with van der Waals surface area (Å²) in [5.41, 5.74) is 8.34. The number of aromatic nitrogens is 2. The lowest BCUT2D eigenvalue weighted by Crippen LogP contribution is -2.22. The highest BCUT2D eigenvalue weighted by atomic mass is 35.5. The van der Waals surface area contributed by atoms with Crippen LogP contribution in [0.2, 0.25) is 5.15 Å². The van der Waals surface area contributed by atoms with E-state index in [0.29, 0.717) is 17.5 Å². The van der Waals surface area contributed by atoms with Crippen LogP contribution in [-0.2, 0) is 6.54 Å². The average molecular weight is 303 g/mol. The fourth-order valence-corrected chi connectivity index (χ4v) is 2.07. The van der Waals surface area contributed by atoms with Crippen molar-refractivity contribution in [3.8, 4) is 0 Å². The summed E-state index contributed by atoms with van der Waals surface area (Å²) < 4.78 is 12.8. The molecule has 6 heteroatoms. The van der Waals surface area contributed by atoms with Gasteiger partial charge in [0.25, 0.3) is 0 Å². The Balaban J connectivity index is 1.70. The minimum Gasteiger partial charge on any atom is -0.303 e. The van der Waals surface area contributed by atoms with Crippen molar-refractivity contribution < 1.29 is 4.39 Å². The number of hydrogen-bond donors (Lipinski definition) is 2. The first-order valence-electron chi connectivity index (χ1n) is 6.38. The molecule has 0 aliphatic carbocycles. The standard InChI is InChI=1S/C15H12ClFN4/c16-14-15(20-13-4-2-1-3-12(13)19-14)21-18-9-10-5-7-11(17)8-6-10/h1-8,18H,9H2,(H,20,21). The van der Waals surface area contributed by atoms with E-state index in [4.69, 9.17) is 11.6 Å². The number of para-hydroxylation sites is 2. The third-order valence-corrected chi connectivity index (χ3v) is 3.20.